The molecule has 0 saturated carbocycles. The molecule has 0 amide bonds. The van der Waals surface area contributed by atoms with Crippen molar-refractivity contribution in [2.45, 2.75) is 19.4 Å². The molecule has 0 aliphatic rings. The van der Waals surface area contributed by atoms with Crippen LogP contribution in [0, 0.1) is 0 Å². The van der Waals surface area contributed by atoms with Gasteiger partial charge in [-0.2, -0.15) is 0 Å². The van der Waals surface area contributed by atoms with Crippen LogP contribution in [0.5, 0.6) is 0 Å². The summed E-state index contributed by atoms with van der Waals surface area (Å²) in [7, 11) is 0. The Bertz CT molecular complexity index is 487. The molecule has 0 fully saturated rings. The summed E-state index contributed by atoms with van der Waals surface area (Å²) >= 11 is 3.47. The first-order chi connectivity index (χ1) is 8.81. The van der Waals surface area contributed by atoms with E-state index in [1.54, 1.807) is 12.4 Å². The van der Waals surface area contributed by atoms with Crippen molar-refractivity contribution in [3.05, 3.63) is 58.6 Å². The van der Waals surface area contributed by atoms with Crippen molar-refractivity contribution in [1.82, 2.24) is 15.3 Å². The number of rotatable bonds is 5. The standard InChI is InChI=1S/C14H16BrN3/c1-2-5-18-14(11-4-3-6-16-8-11)12-7-13(15)10-17-9-12/h3-4,6-10,14,18H,2,5H2,1H3. The summed E-state index contributed by atoms with van der Waals surface area (Å²) < 4.78 is 0.993. The van der Waals surface area contributed by atoms with E-state index in [2.05, 4.69) is 50.3 Å². The average molecular weight is 306 g/mol. The fourth-order valence-electron chi connectivity index (χ4n) is 1.85. The predicted octanol–water partition coefficient (Wildman–Crippen LogP) is 3.33. The van der Waals surface area contributed by atoms with Crippen molar-refractivity contribution in [2.24, 2.45) is 0 Å². The lowest BCUT2D eigenvalue weighted by atomic mass is 10.0. The molecule has 94 valence electrons. The largest absolute Gasteiger partial charge is 0.306 e. The van der Waals surface area contributed by atoms with Crippen LogP contribution in [0.1, 0.15) is 30.5 Å². The number of hydrogen-bond donors (Lipinski definition) is 1. The van der Waals surface area contributed by atoms with E-state index < -0.39 is 0 Å². The fourth-order valence-corrected chi connectivity index (χ4v) is 2.23. The summed E-state index contributed by atoms with van der Waals surface area (Å²) in [6.45, 7) is 3.12. The second kappa shape index (κ2) is 6.61. The Kier molecular flexibility index (Phi) is 4.84. The molecule has 2 aromatic rings. The predicted molar refractivity (Wildman–Crippen MR) is 76.3 cm³/mol. The maximum absolute atomic E-state index is 4.23. The van der Waals surface area contributed by atoms with E-state index in [9.17, 15) is 0 Å². The number of pyridine rings is 2. The first-order valence-corrected chi connectivity index (χ1v) is 6.84. The summed E-state index contributed by atoms with van der Waals surface area (Å²) in [6, 6.07) is 6.28. The molecule has 1 N–H and O–H groups in total. The van der Waals surface area contributed by atoms with Crippen molar-refractivity contribution in [1.29, 1.82) is 0 Å². The van der Waals surface area contributed by atoms with Crippen molar-refractivity contribution in [3.63, 3.8) is 0 Å². The normalized spacial score (nSPS) is 12.3. The van der Waals surface area contributed by atoms with E-state index >= 15 is 0 Å². The van der Waals surface area contributed by atoms with Crippen LogP contribution < -0.4 is 5.32 Å². The maximum atomic E-state index is 4.23. The van der Waals surface area contributed by atoms with Gasteiger partial charge in [-0.15, -0.1) is 0 Å². The van der Waals surface area contributed by atoms with Crippen molar-refractivity contribution >= 4 is 15.9 Å². The van der Waals surface area contributed by atoms with Gasteiger partial charge >= 0.3 is 0 Å². The maximum Gasteiger partial charge on any atom is 0.0607 e. The van der Waals surface area contributed by atoms with E-state index in [1.807, 2.05) is 18.5 Å². The first-order valence-electron chi connectivity index (χ1n) is 6.05. The molecule has 0 aliphatic heterocycles. The number of halogens is 1. The fraction of sp³-hybridized carbons (Fsp3) is 0.286. The Morgan fingerprint density at radius 1 is 1.22 bits per heavy atom. The third-order valence-electron chi connectivity index (χ3n) is 2.68. The molecule has 2 rings (SSSR count). The zero-order valence-corrected chi connectivity index (χ0v) is 11.9. The van der Waals surface area contributed by atoms with Gasteiger partial charge in [0.2, 0.25) is 0 Å². The molecule has 0 saturated heterocycles. The smallest absolute Gasteiger partial charge is 0.0607 e. The molecule has 0 spiro atoms. The molecule has 2 aromatic heterocycles. The van der Waals surface area contributed by atoms with Gasteiger partial charge in [0, 0.05) is 29.3 Å². The van der Waals surface area contributed by atoms with Crippen LogP contribution in [-0.2, 0) is 0 Å². The Morgan fingerprint density at radius 2 is 2.06 bits per heavy atom. The highest BCUT2D eigenvalue weighted by molar-refractivity contribution is 9.10. The van der Waals surface area contributed by atoms with Crippen LogP contribution in [0.25, 0.3) is 0 Å². The molecule has 3 nitrogen and oxygen atoms in total. The lowest BCUT2D eigenvalue weighted by Crippen LogP contribution is -2.23. The zero-order valence-electron chi connectivity index (χ0n) is 10.3. The van der Waals surface area contributed by atoms with E-state index in [0.717, 1.165) is 28.6 Å². The van der Waals surface area contributed by atoms with E-state index in [-0.39, 0.29) is 6.04 Å². The quantitative estimate of drug-likeness (QED) is 0.921. The van der Waals surface area contributed by atoms with Gasteiger partial charge in [-0.1, -0.05) is 13.0 Å². The second-order valence-electron chi connectivity index (χ2n) is 4.11. The molecule has 4 heteroatoms. The van der Waals surface area contributed by atoms with Crippen molar-refractivity contribution in [3.8, 4) is 0 Å². The van der Waals surface area contributed by atoms with Gasteiger partial charge in [0.1, 0.15) is 0 Å². The molecule has 0 aliphatic carbocycles. The molecule has 18 heavy (non-hydrogen) atoms. The Balaban J connectivity index is 2.31. The third kappa shape index (κ3) is 3.37. The summed E-state index contributed by atoms with van der Waals surface area (Å²) in [5, 5.41) is 3.53. The first kappa shape index (κ1) is 13.2. The number of aromatic nitrogens is 2. The van der Waals surface area contributed by atoms with Gasteiger partial charge in [-0.05, 0) is 52.2 Å². The average Bonchev–Trinajstić information content (AvgIpc) is 2.40. The molecule has 1 unspecified atom stereocenters. The highest BCUT2D eigenvalue weighted by Gasteiger charge is 2.13. The number of nitrogens with zero attached hydrogens (tertiary/aromatic N) is 2. The lowest BCUT2D eigenvalue weighted by Gasteiger charge is -2.19. The number of nitrogens with one attached hydrogen (secondary N) is 1. The van der Waals surface area contributed by atoms with Gasteiger partial charge in [-0.3, -0.25) is 9.97 Å². The van der Waals surface area contributed by atoms with E-state index in [1.165, 1.54) is 0 Å². The molecular weight excluding hydrogens is 290 g/mol. The number of hydrogen-bond acceptors (Lipinski definition) is 3. The van der Waals surface area contributed by atoms with Crippen LogP contribution in [0.15, 0.2) is 47.5 Å². The summed E-state index contributed by atoms with van der Waals surface area (Å²) in [5.74, 6) is 0. The van der Waals surface area contributed by atoms with Crippen LogP contribution in [0.4, 0.5) is 0 Å². The van der Waals surface area contributed by atoms with Crippen LogP contribution in [0.2, 0.25) is 0 Å². The summed E-state index contributed by atoms with van der Waals surface area (Å²) in [6.07, 6.45) is 8.47. The Labute approximate surface area is 116 Å². The van der Waals surface area contributed by atoms with E-state index in [4.69, 9.17) is 0 Å². The van der Waals surface area contributed by atoms with Gasteiger partial charge in [-0.25, -0.2) is 0 Å². The van der Waals surface area contributed by atoms with Crippen molar-refractivity contribution in [2.75, 3.05) is 6.54 Å². The molecular formula is C14H16BrN3. The second-order valence-corrected chi connectivity index (χ2v) is 5.03. The monoisotopic (exact) mass is 305 g/mol. The van der Waals surface area contributed by atoms with Crippen LogP contribution in [-0.4, -0.2) is 16.5 Å². The minimum Gasteiger partial charge on any atom is -0.306 e. The minimum absolute atomic E-state index is 0.142. The highest BCUT2D eigenvalue weighted by Crippen LogP contribution is 2.23. The van der Waals surface area contributed by atoms with Crippen LogP contribution >= 0.6 is 15.9 Å². The zero-order chi connectivity index (χ0) is 12.8. The van der Waals surface area contributed by atoms with Crippen LogP contribution in [0.3, 0.4) is 0 Å². The summed E-state index contributed by atoms with van der Waals surface area (Å²) in [5.41, 5.74) is 2.30. The molecule has 0 radical (unpaired) electrons. The Hall–Kier alpha value is -1.26. The lowest BCUT2D eigenvalue weighted by molar-refractivity contribution is 0.595. The third-order valence-corrected chi connectivity index (χ3v) is 3.11. The summed E-state index contributed by atoms with van der Waals surface area (Å²) in [4.78, 5) is 8.42. The molecule has 2 heterocycles. The molecule has 1 atom stereocenters. The molecule has 0 aromatic carbocycles. The minimum atomic E-state index is 0.142. The van der Waals surface area contributed by atoms with Gasteiger partial charge in [0.25, 0.3) is 0 Å². The highest BCUT2D eigenvalue weighted by atomic mass is 79.9. The van der Waals surface area contributed by atoms with Gasteiger partial charge in [0.05, 0.1) is 6.04 Å². The van der Waals surface area contributed by atoms with Gasteiger partial charge in [0.15, 0.2) is 0 Å². The SMILES string of the molecule is CCCNC(c1cccnc1)c1cncc(Br)c1. The van der Waals surface area contributed by atoms with Crippen molar-refractivity contribution < 1.29 is 0 Å². The molecule has 0 bridgehead atoms. The Morgan fingerprint density at radius 3 is 2.72 bits per heavy atom. The van der Waals surface area contributed by atoms with Gasteiger partial charge < -0.3 is 5.32 Å². The van der Waals surface area contributed by atoms with E-state index in [0.29, 0.717) is 0 Å². The topological polar surface area (TPSA) is 37.8 Å².